The molecular weight excluding hydrogens is 540 g/mol. The van der Waals surface area contributed by atoms with Gasteiger partial charge in [0, 0.05) is 62.9 Å². The Morgan fingerprint density at radius 2 is 1.77 bits per heavy atom. The van der Waals surface area contributed by atoms with Crippen molar-refractivity contribution in [2.45, 2.75) is 25.3 Å². The van der Waals surface area contributed by atoms with Crippen LogP contribution in [0.15, 0.2) is 30.5 Å². The molecule has 208 valence electrons. The number of methoxy groups -OCH3 is 1. The van der Waals surface area contributed by atoms with Crippen molar-refractivity contribution in [2.75, 3.05) is 62.7 Å². The van der Waals surface area contributed by atoms with Crippen LogP contribution in [0.1, 0.15) is 11.4 Å². The molecule has 2 saturated heterocycles. The van der Waals surface area contributed by atoms with Gasteiger partial charge in [-0.25, -0.2) is 9.37 Å². The molecule has 3 aliphatic rings. The monoisotopic (exact) mass is 566 g/mol. The average molecular weight is 567 g/mol. The summed E-state index contributed by atoms with van der Waals surface area (Å²) >= 11 is 6.35. The number of aromatic nitrogens is 4. The summed E-state index contributed by atoms with van der Waals surface area (Å²) in [4.78, 5) is 12.0. The van der Waals surface area contributed by atoms with Crippen LogP contribution in [0, 0.1) is 5.82 Å². The SMILES string of the molecule is COc1cc(F)cnc1N1CCN(c2nnc3n2-c2ccc(Cl)cc2CN(C2CN(CC(F)(F)F)C2)C3)CC1. The number of halogens is 5. The second-order valence-electron chi connectivity index (χ2n) is 10.0. The van der Waals surface area contributed by atoms with Crippen LogP contribution in [-0.2, 0) is 13.1 Å². The number of hydrogen-bond acceptors (Lipinski definition) is 8. The number of benzene rings is 1. The number of anilines is 2. The number of pyridine rings is 1. The standard InChI is InChI=1S/C25H27ClF4N8O/c1-39-21-9-18(27)10-31-23(21)35-4-6-36(7-5-35)24-33-32-22-14-37(19-12-34(13-19)15-25(28,29)30)11-16-8-17(26)2-3-20(16)38(22)24/h2-3,8-10,19H,4-7,11-15H2,1H3. The molecule has 0 bridgehead atoms. The maximum atomic E-state index is 13.6. The van der Waals surface area contributed by atoms with Crippen molar-refractivity contribution in [3.63, 3.8) is 0 Å². The normalized spacial score (nSPS) is 18.9. The average Bonchev–Trinajstić information content (AvgIpc) is 3.21. The lowest BCUT2D eigenvalue weighted by molar-refractivity contribution is -0.161. The van der Waals surface area contributed by atoms with Gasteiger partial charge in [-0.05, 0) is 23.8 Å². The first-order valence-corrected chi connectivity index (χ1v) is 13.0. The second-order valence-corrected chi connectivity index (χ2v) is 10.5. The highest BCUT2D eigenvalue weighted by molar-refractivity contribution is 6.30. The molecule has 0 spiro atoms. The summed E-state index contributed by atoms with van der Waals surface area (Å²) in [7, 11) is 1.49. The van der Waals surface area contributed by atoms with Gasteiger partial charge in [0.1, 0.15) is 5.82 Å². The molecule has 2 aromatic heterocycles. The predicted octanol–water partition coefficient (Wildman–Crippen LogP) is 3.35. The van der Waals surface area contributed by atoms with Gasteiger partial charge in [0.2, 0.25) is 5.95 Å². The number of ether oxygens (including phenoxy) is 1. The summed E-state index contributed by atoms with van der Waals surface area (Å²) in [6.45, 7) is 3.29. The van der Waals surface area contributed by atoms with Gasteiger partial charge < -0.3 is 14.5 Å². The number of piperazine rings is 1. The Kier molecular flexibility index (Phi) is 6.76. The minimum Gasteiger partial charge on any atom is -0.493 e. The zero-order valence-corrected chi connectivity index (χ0v) is 22.0. The van der Waals surface area contributed by atoms with Crippen LogP contribution >= 0.6 is 11.6 Å². The first kappa shape index (κ1) is 26.1. The largest absolute Gasteiger partial charge is 0.493 e. The molecule has 0 radical (unpaired) electrons. The van der Waals surface area contributed by atoms with E-state index < -0.39 is 18.5 Å². The van der Waals surface area contributed by atoms with E-state index in [-0.39, 0.29) is 6.04 Å². The van der Waals surface area contributed by atoms with E-state index in [0.29, 0.717) is 74.9 Å². The summed E-state index contributed by atoms with van der Waals surface area (Å²) in [5.74, 6) is 1.94. The minimum absolute atomic E-state index is 0.0207. The topological polar surface area (TPSA) is 65.8 Å². The van der Waals surface area contributed by atoms with Crippen LogP contribution in [0.3, 0.4) is 0 Å². The van der Waals surface area contributed by atoms with Gasteiger partial charge in [-0.2, -0.15) is 13.2 Å². The number of hydrogen-bond donors (Lipinski definition) is 0. The van der Waals surface area contributed by atoms with Crippen LogP contribution in [0.2, 0.25) is 5.02 Å². The Hall–Kier alpha value is -3.16. The smallest absolute Gasteiger partial charge is 0.401 e. The molecule has 9 nitrogen and oxygen atoms in total. The summed E-state index contributed by atoms with van der Waals surface area (Å²) < 4.78 is 59.5. The lowest BCUT2D eigenvalue weighted by Gasteiger charge is -2.45. The second kappa shape index (κ2) is 10.1. The molecule has 0 aliphatic carbocycles. The lowest BCUT2D eigenvalue weighted by atomic mass is 10.1. The number of alkyl halides is 3. The van der Waals surface area contributed by atoms with E-state index in [1.165, 1.54) is 24.3 Å². The van der Waals surface area contributed by atoms with Gasteiger partial charge in [-0.15, -0.1) is 10.2 Å². The number of rotatable bonds is 5. The van der Waals surface area contributed by atoms with Crippen LogP contribution in [0.25, 0.3) is 5.69 Å². The first-order chi connectivity index (χ1) is 18.7. The molecule has 0 N–H and O–H groups in total. The maximum absolute atomic E-state index is 13.6. The summed E-state index contributed by atoms with van der Waals surface area (Å²) in [6.07, 6.45) is -3.03. The maximum Gasteiger partial charge on any atom is 0.401 e. The van der Waals surface area contributed by atoms with E-state index in [1.807, 2.05) is 27.7 Å². The summed E-state index contributed by atoms with van der Waals surface area (Å²) in [5, 5.41) is 9.64. The molecule has 3 aliphatic heterocycles. The summed E-state index contributed by atoms with van der Waals surface area (Å²) in [5.41, 5.74) is 1.88. The highest BCUT2D eigenvalue weighted by atomic mass is 35.5. The van der Waals surface area contributed by atoms with Gasteiger partial charge >= 0.3 is 6.18 Å². The third kappa shape index (κ3) is 5.22. The van der Waals surface area contributed by atoms with Crippen molar-refractivity contribution >= 4 is 23.4 Å². The van der Waals surface area contributed by atoms with Crippen molar-refractivity contribution in [3.8, 4) is 11.4 Å². The molecule has 0 amide bonds. The fourth-order valence-electron chi connectivity index (χ4n) is 5.55. The molecule has 3 aromatic rings. The third-order valence-electron chi connectivity index (χ3n) is 7.45. The Morgan fingerprint density at radius 3 is 2.49 bits per heavy atom. The quantitative estimate of drug-likeness (QED) is 0.436. The zero-order chi connectivity index (χ0) is 27.3. The zero-order valence-electron chi connectivity index (χ0n) is 21.2. The van der Waals surface area contributed by atoms with E-state index in [4.69, 9.17) is 16.3 Å². The lowest BCUT2D eigenvalue weighted by Crippen LogP contribution is -2.60. The molecule has 0 saturated carbocycles. The fraction of sp³-hybridized carbons (Fsp3) is 0.480. The molecule has 14 heteroatoms. The van der Waals surface area contributed by atoms with Gasteiger partial charge in [-0.1, -0.05) is 11.6 Å². The Bertz CT molecular complexity index is 1350. The van der Waals surface area contributed by atoms with Crippen molar-refractivity contribution in [1.82, 2.24) is 29.5 Å². The van der Waals surface area contributed by atoms with E-state index in [0.717, 1.165) is 17.1 Å². The molecule has 6 rings (SSSR count). The van der Waals surface area contributed by atoms with Crippen molar-refractivity contribution < 1.29 is 22.3 Å². The first-order valence-electron chi connectivity index (χ1n) is 12.6. The van der Waals surface area contributed by atoms with Gasteiger partial charge in [0.25, 0.3) is 0 Å². The Balaban J connectivity index is 1.23. The van der Waals surface area contributed by atoms with Crippen molar-refractivity contribution in [2.24, 2.45) is 0 Å². The molecule has 5 heterocycles. The van der Waals surface area contributed by atoms with Crippen LogP contribution in [0.5, 0.6) is 5.75 Å². The van der Waals surface area contributed by atoms with Gasteiger partial charge in [0.05, 0.1) is 32.1 Å². The summed E-state index contributed by atoms with van der Waals surface area (Å²) in [6, 6.07) is 6.97. The van der Waals surface area contributed by atoms with E-state index in [2.05, 4.69) is 25.0 Å². The van der Waals surface area contributed by atoms with E-state index in [1.54, 1.807) is 0 Å². The minimum atomic E-state index is -4.21. The Labute approximate surface area is 227 Å². The number of nitrogens with zero attached hydrogens (tertiary/aromatic N) is 8. The number of fused-ring (bicyclic) bond motifs is 3. The predicted molar refractivity (Wildman–Crippen MR) is 137 cm³/mol. The van der Waals surface area contributed by atoms with Crippen LogP contribution in [0.4, 0.5) is 29.3 Å². The molecule has 2 fully saturated rings. The molecule has 39 heavy (non-hydrogen) atoms. The number of likely N-dealkylation sites (tertiary alicyclic amines) is 1. The van der Waals surface area contributed by atoms with Gasteiger partial charge in [-0.3, -0.25) is 14.4 Å². The molecule has 0 unspecified atom stereocenters. The van der Waals surface area contributed by atoms with Crippen molar-refractivity contribution in [1.29, 1.82) is 0 Å². The van der Waals surface area contributed by atoms with Gasteiger partial charge in [0.15, 0.2) is 17.4 Å². The van der Waals surface area contributed by atoms with E-state index >= 15 is 0 Å². The highest BCUT2D eigenvalue weighted by Gasteiger charge is 2.40. The third-order valence-corrected chi connectivity index (χ3v) is 7.69. The fourth-order valence-corrected chi connectivity index (χ4v) is 5.74. The molecule has 0 atom stereocenters. The Morgan fingerprint density at radius 1 is 1.03 bits per heavy atom. The molecule has 1 aromatic carbocycles. The molecular formula is C25H27ClF4N8O. The highest BCUT2D eigenvalue weighted by Crippen LogP contribution is 2.34. The van der Waals surface area contributed by atoms with E-state index in [9.17, 15) is 17.6 Å². The van der Waals surface area contributed by atoms with Crippen molar-refractivity contribution in [3.05, 3.63) is 52.7 Å². The van der Waals surface area contributed by atoms with Crippen LogP contribution in [-0.4, -0.2) is 94.7 Å². The van der Waals surface area contributed by atoms with Crippen LogP contribution < -0.4 is 14.5 Å².